The van der Waals surface area contributed by atoms with Crippen LogP contribution in [0.5, 0.6) is 0 Å². The van der Waals surface area contributed by atoms with Crippen molar-refractivity contribution in [1.82, 2.24) is 9.97 Å². The summed E-state index contributed by atoms with van der Waals surface area (Å²) in [5.74, 6) is 1.07. The summed E-state index contributed by atoms with van der Waals surface area (Å²) in [6.07, 6.45) is 1.90. The lowest BCUT2D eigenvalue weighted by atomic mass is 9.98. The molecule has 22 heavy (non-hydrogen) atoms. The Morgan fingerprint density at radius 2 is 1.73 bits per heavy atom. The molecule has 1 fully saturated rings. The van der Waals surface area contributed by atoms with Crippen molar-refractivity contribution >= 4 is 5.82 Å². The van der Waals surface area contributed by atoms with Crippen LogP contribution in [0.2, 0.25) is 0 Å². The number of aromatic nitrogens is 2. The minimum absolute atomic E-state index is 0.773. The number of aryl methyl sites for hydroxylation is 3. The van der Waals surface area contributed by atoms with Crippen molar-refractivity contribution in [1.29, 1.82) is 0 Å². The maximum Gasteiger partial charge on any atom is 0.132 e. The second-order valence-corrected chi connectivity index (χ2v) is 5.93. The first-order valence-corrected chi connectivity index (χ1v) is 7.81. The van der Waals surface area contributed by atoms with Crippen LogP contribution in [-0.2, 0) is 4.74 Å². The third-order valence-electron chi connectivity index (χ3n) is 4.43. The minimum atomic E-state index is 0.773. The minimum Gasteiger partial charge on any atom is -0.378 e. The average Bonchev–Trinajstić information content (AvgIpc) is 2.52. The quantitative estimate of drug-likeness (QED) is 0.853. The van der Waals surface area contributed by atoms with Gasteiger partial charge in [-0.1, -0.05) is 0 Å². The van der Waals surface area contributed by atoms with Crippen LogP contribution in [0.1, 0.15) is 22.5 Å². The van der Waals surface area contributed by atoms with Gasteiger partial charge in [0.1, 0.15) is 5.82 Å². The Hall–Kier alpha value is -1.94. The topological polar surface area (TPSA) is 38.2 Å². The molecule has 0 aromatic carbocycles. The molecule has 0 atom stereocenters. The molecular formula is C18H23N3O. The first kappa shape index (κ1) is 15.0. The van der Waals surface area contributed by atoms with Crippen molar-refractivity contribution < 1.29 is 4.74 Å². The normalized spacial score (nSPS) is 15.2. The van der Waals surface area contributed by atoms with E-state index in [4.69, 9.17) is 4.74 Å². The van der Waals surface area contributed by atoms with Crippen LogP contribution in [0.4, 0.5) is 5.82 Å². The monoisotopic (exact) mass is 297 g/mol. The van der Waals surface area contributed by atoms with Crippen LogP contribution in [-0.4, -0.2) is 36.3 Å². The summed E-state index contributed by atoms with van der Waals surface area (Å²) >= 11 is 0. The van der Waals surface area contributed by atoms with Crippen LogP contribution in [0.25, 0.3) is 11.1 Å². The number of rotatable bonds is 2. The van der Waals surface area contributed by atoms with Crippen LogP contribution < -0.4 is 4.90 Å². The Labute approximate surface area is 132 Å². The summed E-state index contributed by atoms with van der Waals surface area (Å²) < 4.78 is 5.44. The molecule has 0 aliphatic carbocycles. The number of pyridine rings is 2. The van der Waals surface area contributed by atoms with E-state index in [1.165, 1.54) is 22.3 Å². The fraction of sp³-hybridized carbons (Fsp3) is 0.444. The van der Waals surface area contributed by atoms with Gasteiger partial charge in [0.25, 0.3) is 0 Å². The summed E-state index contributed by atoms with van der Waals surface area (Å²) in [6, 6.07) is 4.33. The Morgan fingerprint density at radius 1 is 1.00 bits per heavy atom. The maximum absolute atomic E-state index is 5.44. The highest BCUT2D eigenvalue weighted by Gasteiger charge is 2.18. The summed E-state index contributed by atoms with van der Waals surface area (Å²) in [7, 11) is 0. The highest BCUT2D eigenvalue weighted by Crippen LogP contribution is 2.31. The van der Waals surface area contributed by atoms with Crippen LogP contribution in [0.15, 0.2) is 18.3 Å². The van der Waals surface area contributed by atoms with Gasteiger partial charge >= 0.3 is 0 Å². The molecule has 0 N–H and O–H groups in total. The Balaban J connectivity index is 2.07. The largest absolute Gasteiger partial charge is 0.378 e. The molecule has 4 nitrogen and oxygen atoms in total. The van der Waals surface area contributed by atoms with Crippen molar-refractivity contribution in [2.24, 2.45) is 0 Å². The van der Waals surface area contributed by atoms with Crippen molar-refractivity contribution in [3.63, 3.8) is 0 Å². The molecule has 0 radical (unpaired) electrons. The van der Waals surface area contributed by atoms with Gasteiger partial charge in [0, 0.05) is 36.2 Å². The predicted molar refractivity (Wildman–Crippen MR) is 89.4 cm³/mol. The lowest BCUT2D eigenvalue weighted by molar-refractivity contribution is 0.122. The van der Waals surface area contributed by atoms with Gasteiger partial charge in [0.2, 0.25) is 0 Å². The molecule has 116 valence electrons. The zero-order valence-electron chi connectivity index (χ0n) is 13.8. The van der Waals surface area contributed by atoms with E-state index in [1.807, 2.05) is 6.20 Å². The number of hydrogen-bond donors (Lipinski definition) is 0. The fourth-order valence-electron chi connectivity index (χ4n) is 3.01. The number of morpholine rings is 1. The first-order valence-electron chi connectivity index (χ1n) is 7.81. The zero-order chi connectivity index (χ0) is 15.7. The molecular weight excluding hydrogens is 274 g/mol. The molecule has 3 rings (SSSR count). The van der Waals surface area contributed by atoms with Crippen LogP contribution >= 0.6 is 0 Å². The molecule has 0 amide bonds. The zero-order valence-corrected chi connectivity index (χ0v) is 13.8. The number of hydrogen-bond acceptors (Lipinski definition) is 4. The van der Waals surface area contributed by atoms with E-state index in [0.29, 0.717) is 0 Å². The average molecular weight is 297 g/mol. The first-order chi connectivity index (χ1) is 10.6. The van der Waals surface area contributed by atoms with Gasteiger partial charge in [-0.05, 0) is 56.5 Å². The number of anilines is 1. The van der Waals surface area contributed by atoms with E-state index in [1.54, 1.807) is 0 Å². The van der Waals surface area contributed by atoms with Gasteiger partial charge in [-0.3, -0.25) is 4.98 Å². The number of ether oxygens (including phenoxy) is 1. The summed E-state index contributed by atoms with van der Waals surface area (Å²) in [5, 5.41) is 0. The molecule has 1 aliphatic rings. The Kier molecular flexibility index (Phi) is 4.12. The summed E-state index contributed by atoms with van der Waals surface area (Å²) in [5.41, 5.74) is 7.05. The van der Waals surface area contributed by atoms with E-state index < -0.39 is 0 Å². The summed E-state index contributed by atoms with van der Waals surface area (Å²) in [4.78, 5) is 11.6. The van der Waals surface area contributed by atoms with Gasteiger partial charge in [0.15, 0.2) is 0 Å². The molecule has 2 aromatic heterocycles. The van der Waals surface area contributed by atoms with Crippen molar-refractivity contribution in [3.05, 3.63) is 40.8 Å². The number of nitrogens with zero attached hydrogens (tertiary/aromatic N) is 3. The van der Waals surface area contributed by atoms with E-state index in [2.05, 4.69) is 54.7 Å². The van der Waals surface area contributed by atoms with E-state index in [-0.39, 0.29) is 0 Å². The molecule has 1 aliphatic heterocycles. The highest BCUT2D eigenvalue weighted by molar-refractivity contribution is 5.74. The highest BCUT2D eigenvalue weighted by atomic mass is 16.5. The van der Waals surface area contributed by atoms with Crippen molar-refractivity contribution in [2.75, 3.05) is 31.2 Å². The third-order valence-corrected chi connectivity index (χ3v) is 4.43. The van der Waals surface area contributed by atoms with Gasteiger partial charge in [-0.25, -0.2) is 4.98 Å². The second kappa shape index (κ2) is 6.05. The fourth-order valence-corrected chi connectivity index (χ4v) is 3.01. The van der Waals surface area contributed by atoms with Gasteiger partial charge in [-0.15, -0.1) is 0 Å². The molecule has 4 heteroatoms. The van der Waals surface area contributed by atoms with Gasteiger partial charge < -0.3 is 9.64 Å². The second-order valence-electron chi connectivity index (χ2n) is 5.93. The predicted octanol–water partition coefficient (Wildman–Crippen LogP) is 3.21. The van der Waals surface area contributed by atoms with Crippen molar-refractivity contribution in [2.45, 2.75) is 27.7 Å². The van der Waals surface area contributed by atoms with Gasteiger partial charge in [-0.2, -0.15) is 0 Å². The van der Waals surface area contributed by atoms with Gasteiger partial charge in [0.05, 0.1) is 13.2 Å². The Morgan fingerprint density at radius 3 is 2.45 bits per heavy atom. The lowest BCUT2D eigenvalue weighted by Crippen LogP contribution is -2.37. The SMILES string of the molecule is Cc1cc(-c2ccnc(N3CCOCC3)c2C)c(C)nc1C. The van der Waals surface area contributed by atoms with Crippen molar-refractivity contribution in [3.8, 4) is 11.1 Å². The molecule has 0 bridgehead atoms. The molecule has 1 saturated heterocycles. The molecule has 3 heterocycles. The molecule has 2 aromatic rings. The molecule has 0 saturated carbocycles. The van der Waals surface area contributed by atoms with E-state index in [0.717, 1.165) is 43.5 Å². The van der Waals surface area contributed by atoms with Crippen LogP contribution in [0.3, 0.4) is 0 Å². The standard InChI is InChI=1S/C18H23N3O/c1-12-11-17(15(4)20-14(12)3)16-5-6-19-18(13(16)2)21-7-9-22-10-8-21/h5-6,11H,7-10H2,1-4H3. The smallest absolute Gasteiger partial charge is 0.132 e. The lowest BCUT2D eigenvalue weighted by Gasteiger charge is -2.29. The maximum atomic E-state index is 5.44. The summed E-state index contributed by atoms with van der Waals surface area (Å²) in [6.45, 7) is 11.8. The Bertz CT molecular complexity index is 691. The third kappa shape index (κ3) is 2.71. The molecule has 0 unspecified atom stereocenters. The van der Waals surface area contributed by atoms with Crippen LogP contribution in [0, 0.1) is 27.7 Å². The van der Waals surface area contributed by atoms with E-state index in [9.17, 15) is 0 Å². The van der Waals surface area contributed by atoms with E-state index >= 15 is 0 Å². The molecule has 0 spiro atoms.